The summed E-state index contributed by atoms with van der Waals surface area (Å²) < 4.78 is 1.24. The second-order valence-electron chi connectivity index (χ2n) is 4.71. The predicted molar refractivity (Wildman–Crippen MR) is 82.4 cm³/mol. The normalized spacial score (nSPS) is 10.6. The largest absolute Gasteiger partial charge is 0.365 e. The van der Waals surface area contributed by atoms with Crippen LogP contribution >= 0.6 is 11.6 Å². The molecule has 0 amide bonds. The topological polar surface area (TPSA) is 38.1 Å². The summed E-state index contributed by atoms with van der Waals surface area (Å²) >= 11 is 6.16. The highest BCUT2D eigenvalue weighted by atomic mass is 35.5. The average molecular weight is 292 g/mol. The summed E-state index contributed by atoms with van der Waals surface area (Å²) in [7, 11) is 1.59. The van der Waals surface area contributed by atoms with Gasteiger partial charge < -0.3 is 4.90 Å². The number of aromatic nitrogens is 2. The molecule has 1 aromatic carbocycles. The van der Waals surface area contributed by atoms with E-state index < -0.39 is 0 Å². The molecule has 106 valence electrons. The van der Waals surface area contributed by atoms with Crippen LogP contribution in [-0.2, 0) is 13.6 Å². The maximum absolute atomic E-state index is 11.9. The first-order valence-electron chi connectivity index (χ1n) is 6.55. The molecule has 0 aliphatic heterocycles. The van der Waals surface area contributed by atoms with Crippen LogP contribution in [0.3, 0.4) is 0 Å². The maximum Gasteiger partial charge on any atom is 0.287 e. The third kappa shape index (κ3) is 2.85. The number of benzene rings is 1. The van der Waals surface area contributed by atoms with E-state index in [1.54, 1.807) is 13.2 Å². The van der Waals surface area contributed by atoms with Crippen molar-refractivity contribution in [3.05, 3.63) is 57.0 Å². The van der Waals surface area contributed by atoms with Gasteiger partial charge in [0, 0.05) is 20.1 Å². The molecule has 0 atom stereocenters. The summed E-state index contributed by atoms with van der Waals surface area (Å²) in [6.07, 6.45) is 1.64. The van der Waals surface area contributed by atoms with Gasteiger partial charge in [-0.15, -0.1) is 0 Å². The smallest absolute Gasteiger partial charge is 0.287 e. The number of rotatable bonds is 4. The van der Waals surface area contributed by atoms with Crippen molar-refractivity contribution < 1.29 is 0 Å². The second-order valence-corrected chi connectivity index (χ2v) is 5.09. The highest BCUT2D eigenvalue weighted by molar-refractivity contribution is 6.33. The van der Waals surface area contributed by atoms with E-state index in [4.69, 9.17) is 11.6 Å². The first-order valence-corrected chi connectivity index (χ1v) is 6.93. The van der Waals surface area contributed by atoms with Gasteiger partial charge in [0.2, 0.25) is 0 Å². The number of nitrogens with zero attached hydrogens (tertiary/aromatic N) is 3. The van der Waals surface area contributed by atoms with Gasteiger partial charge in [-0.25, -0.2) is 4.68 Å². The molecule has 0 saturated carbocycles. The minimum Gasteiger partial charge on any atom is -0.365 e. The van der Waals surface area contributed by atoms with Gasteiger partial charge in [-0.2, -0.15) is 5.10 Å². The Labute approximate surface area is 123 Å². The monoisotopic (exact) mass is 291 g/mol. The maximum atomic E-state index is 11.9. The van der Waals surface area contributed by atoms with Crippen molar-refractivity contribution in [1.29, 1.82) is 0 Å². The van der Waals surface area contributed by atoms with Gasteiger partial charge >= 0.3 is 0 Å². The van der Waals surface area contributed by atoms with Crippen LogP contribution in [-0.4, -0.2) is 16.3 Å². The Bertz CT molecular complexity index is 666. The molecule has 0 radical (unpaired) electrons. The molecule has 2 aromatic rings. The molecule has 20 heavy (non-hydrogen) atoms. The van der Waals surface area contributed by atoms with E-state index in [2.05, 4.69) is 29.1 Å². The van der Waals surface area contributed by atoms with Gasteiger partial charge in [-0.3, -0.25) is 4.79 Å². The molecule has 0 bridgehead atoms. The van der Waals surface area contributed by atoms with E-state index in [0.29, 0.717) is 12.2 Å². The third-order valence-electron chi connectivity index (χ3n) is 3.40. The van der Waals surface area contributed by atoms with E-state index >= 15 is 0 Å². The predicted octanol–water partition coefficient (Wildman–Crippen LogP) is 2.77. The van der Waals surface area contributed by atoms with E-state index in [0.717, 1.165) is 6.54 Å². The highest BCUT2D eigenvalue weighted by Gasteiger charge is 2.14. The molecule has 0 spiro atoms. The van der Waals surface area contributed by atoms with Gasteiger partial charge in [-0.1, -0.05) is 35.9 Å². The Balaban J connectivity index is 2.37. The van der Waals surface area contributed by atoms with Crippen LogP contribution in [0.15, 0.2) is 35.3 Å². The second kappa shape index (κ2) is 6.09. The lowest BCUT2D eigenvalue weighted by molar-refractivity contribution is 0.699. The van der Waals surface area contributed by atoms with Crippen LogP contribution in [0.4, 0.5) is 5.69 Å². The number of aryl methyl sites for hydroxylation is 2. The molecule has 0 aliphatic rings. The Morgan fingerprint density at radius 3 is 2.70 bits per heavy atom. The summed E-state index contributed by atoms with van der Waals surface area (Å²) in [6.45, 7) is 5.57. The SMILES string of the molecule is CCN(Cc1ccccc1C)c1cnn(C)c(=O)c1Cl. The molecule has 0 unspecified atom stereocenters. The molecule has 0 N–H and O–H groups in total. The van der Waals surface area contributed by atoms with Gasteiger partial charge in [-0.05, 0) is 25.0 Å². The molecule has 0 saturated heterocycles. The van der Waals surface area contributed by atoms with Crippen molar-refractivity contribution in [2.45, 2.75) is 20.4 Å². The van der Waals surface area contributed by atoms with Crippen molar-refractivity contribution in [2.75, 3.05) is 11.4 Å². The summed E-state index contributed by atoms with van der Waals surface area (Å²) in [5, 5.41) is 4.27. The number of halogens is 1. The Hall–Kier alpha value is -1.81. The molecular formula is C15H18ClN3O. The number of hydrogen-bond acceptors (Lipinski definition) is 3. The van der Waals surface area contributed by atoms with Crippen LogP contribution < -0.4 is 10.5 Å². The minimum absolute atomic E-state index is 0.220. The lowest BCUT2D eigenvalue weighted by Crippen LogP contribution is -2.28. The Morgan fingerprint density at radius 2 is 2.05 bits per heavy atom. The van der Waals surface area contributed by atoms with Crippen molar-refractivity contribution >= 4 is 17.3 Å². The summed E-state index contributed by atoms with van der Waals surface area (Å²) in [5.41, 5.74) is 2.85. The van der Waals surface area contributed by atoms with Crippen molar-refractivity contribution in [3.8, 4) is 0 Å². The summed E-state index contributed by atoms with van der Waals surface area (Å²) in [4.78, 5) is 13.9. The van der Waals surface area contributed by atoms with E-state index in [-0.39, 0.29) is 10.6 Å². The molecule has 1 heterocycles. The van der Waals surface area contributed by atoms with Crippen LogP contribution in [0, 0.1) is 6.92 Å². The van der Waals surface area contributed by atoms with E-state index in [1.165, 1.54) is 15.8 Å². The zero-order valence-electron chi connectivity index (χ0n) is 11.9. The van der Waals surface area contributed by atoms with Gasteiger partial charge in [0.25, 0.3) is 5.56 Å². The fourth-order valence-electron chi connectivity index (χ4n) is 2.08. The van der Waals surface area contributed by atoms with Crippen LogP contribution in [0.25, 0.3) is 0 Å². The molecule has 0 aliphatic carbocycles. The Morgan fingerprint density at radius 1 is 1.35 bits per heavy atom. The molecule has 1 aromatic heterocycles. The van der Waals surface area contributed by atoms with Crippen molar-refractivity contribution in [2.24, 2.45) is 7.05 Å². The first-order chi connectivity index (χ1) is 9.54. The van der Waals surface area contributed by atoms with Crippen molar-refractivity contribution in [1.82, 2.24) is 9.78 Å². The zero-order chi connectivity index (χ0) is 14.7. The van der Waals surface area contributed by atoms with E-state index in [9.17, 15) is 4.79 Å². The van der Waals surface area contributed by atoms with Crippen LogP contribution in [0.2, 0.25) is 5.02 Å². The fourth-order valence-corrected chi connectivity index (χ4v) is 2.37. The fraction of sp³-hybridized carbons (Fsp3) is 0.333. The molecule has 2 rings (SSSR count). The van der Waals surface area contributed by atoms with Crippen molar-refractivity contribution in [3.63, 3.8) is 0 Å². The molecular weight excluding hydrogens is 274 g/mol. The van der Waals surface area contributed by atoms with Crippen LogP contribution in [0.1, 0.15) is 18.1 Å². The molecule has 5 heteroatoms. The summed E-state index contributed by atoms with van der Waals surface area (Å²) in [5.74, 6) is 0. The lowest BCUT2D eigenvalue weighted by Gasteiger charge is -2.24. The average Bonchev–Trinajstić information content (AvgIpc) is 2.45. The van der Waals surface area contributed by atoms with E-state index in [1.807, 2.05) is 19.1 Å². The third-order valence-corrected chi connectivity index (χ3v) is 3.76. The van der Waals surface area contributed by atoms with Crippen LogP contribution in [0.5, 0.6) is 0 Å². The quantitative estimate of drug-likeness (QED) is 0.869. The highest BCUT2D eigenvalue weighted by Crippen LogP contribution is 2.23. The molecule has 4 nitrogen and oxygen atoms in total. The lowest BCUT2D eigenvalue weighted by atomic mass is 10.1. The minimum atomic E-state index is -0.271. The zero-order valence-corrected chi connectivity index (χ0v) is 12.7. The Kier molecular flexibility index (Phi) is 4.45. The van der Waals surface area contributed by atoms with Gasteiger partial charge in [0.15, 0.2) is 0 Å². The first kappa shape index (κ1) is 14.6. The number of hydrogen-bond donors (Lipinski definition) is 0. The van der Waals surface area contributed by atoms with Gasteiger partial charge in [0.1, 0.15) is 5.02 Å². The number of anilines is 1. The van der Waals surface area contributed by atoms with Gasteiger partial charge in [0.05, 0.1) is 11.9 Å². The standard InChI is InChI=1S/C15H18ClN3O/c1-4-19(10-12-8-6-5-7-11(12)2)13-9-17-18(3)15(20)14(13)16/h5-9H,4,10H2,1-3H3. The summed E-state index contributed by atoms with van der Waals surface area (Å²) in [6, 6.07) is 8.19. The molecule has 0 fully saturated rings.